The molecule has 1 rings (SSSR count). The quantitative estimate of drug-likeness (QED) is 0.615. The number of Topliss-reactive ketones (excluding diaryl/α,β-unsaturated/α-hetero) is 1. The second-order valence-electron chi connectivity index (χ2n) is 5.53. The number of thioether (sulfide) groups is 1. The minimum absolute atomic E-state index is 0.0609. The minimum atomic E-state index is -3.58. The van der Waals surface area contributed by atoms with Crippen molar-refractivity contribution < 1.29 is 18.0 Å². The molecule has 0 amide bonds. The molecule has 0 fully saturated rings. The Hall–Kier alpha value is -1.22. The van der Waals surface area contributed by atoms with Crippen molar-refractivity contribution in [3.63, 3.8) is 0 Å². The Kier molecular flexibility index (Phi) is 8.08. The predicted molar refractivity (Wildman–Crippen MR) is 96.9 cm³/mol. The van der Waals surface area contributed by atoms with Crippen LogP contribution >= 0.6 is 11.8 Å². The zero-order chi connectivity index (χ0) is 18.3. The first-order valence-corrected chi connectivity index (χ1v) is 10.0. The van der Waals surface area contributed by atoms with E-state index in [0.29, 0.717) is 25.2 Å². The van der Waals surface area contributed by atoms with Gasteiger partial charge in [0.2, 0.25) is 10.0 Å². The van der Waals surface area contributed by atoms with Crippen LogP contribution in [0.3, 0.4) is 0 Å². The number of likely N-dealkylation sites (N-methyl/N-ethyl adjacent to an activating group) is 2. The lowest BCUT2D eigenvalue weighted by Crippen LogP contribution is -2.36. The highest BCUT2D eigenvalue weighted by Crippen LogP contribution is 2.17. The normalized spacial score (nSPS) is 11.9. The van der Waals surface area contributed by atoms with E-state index >= 15 is 0 Å². The first-order valence-electron chi connectivity index (χ1n) is 7.60. The van der Waals surface area contributed by atoms with Gasteiger partial charge in [-0.15, -0.1) is 0 Å². The van der Waals surface area contributed by atoms with E-state index in [1.165, 1.54) is 35.5 Å². The molecular formula is C16H24N2O4S2. The molecule has 0 saturated carbocycles. The molecule has 0 heterocycles. The molecule has 0 N–H and O–H groups in total. The zero-order valence-corrected chi connectivity index (χ0v) is 16.1. The van der Waals surface area contributed by atoms with Crippen molar-refractivity contribution in [2.24, 2.45) is 0 Å². The Bertz CT molecular complexity index is 670. The van der Waals surface area contributed by atoms with Gasteiger partial charge in [0.05, 0.1) is 10.6 Å². The Morgan fingerprint density at radius 3 is 2.12 bits per heavy atom. The number of benzene rings is 1. The maximum Gasteiger partial charge on any atom is 0.243 e. The molecule has 1 aromatic carbocycles. The van der Waals surface area contributed by atoms with Gasteiger partial charge in [0.1, 0.15) is 0 Å². The topological polar surface area (TPSA) is 74.8 Å². The maximum atomic E-state index is 12.6. The largest absolute Gasteiger partial charge is 0.308 e. The van der Waals surface area contributed by atoms with Crippen LogP contribution in [0.4, 0.5) is 0 Å². The zero-order valence-electron chi connectivity index (χ0n) is 14.5. The van der Waals surface area contributed by atoms with Gasteiger partial charge in [0.15, 0.2) is 10.9 Å². The van der Waals surface area contributed by atoms with Crippen LogP contribution in [-0.2, 0) is 14.8 Å². The fraction of sp³-hybridized carbons (Fsp3) is 0.500. The minimum Gasteiger partial charge on any atom is -0.308 e. The van der Waals surface area contributed by atoms with E-state index in [9.17, 15) is 18.0 Å². The van der Waals surface area contributed by atoms with E-state index in [4.69, 9.17) is 0 Å². The molecular weight excluding hydrogens is 348 g/mol. The summed E-state index contributed by atoms with van der Waals surface area (Å²) in [5, 5.41) is -0.123. The smallest absolute Gasteiger partial charge is 0.243 e. The van der Waals surface area contributed by atoms with Crippen LogP contribution < -0.4 is 0 Å². The van der Waals surface area contributed by atoms with Gasteiger partial charge in [-0.1, -0.05) is 30.8 Å². The van der Waals surface area contributed by atoms with Crippen molar-refractivity contribution in [2.75, 3.05) is 39.5 Å². The first kappa shape index (κ1) is 20.8. The number of ketones is 1. The SMILES string of the molecule is CCN(CCN(C)C)S(=O)(=O)c1ccc(C(=O)CSC(C)=O)cc1. The standard InChI is InChI=1S/C16H24N2O4S2/c1-5-18(11-10-17(3)4)24(21,22)15-8-6-14(7-9-15)16(20)12-23-13(2)19/h6-9H,5,10-12H2,1-4H3. The second kappa shape index (κ2) is 9.31. The van der Waals surface area contributed by atoms with Crippen LogP contribution in [0.15, 0.2) is 29.2 Å². The molecule has 0 aliphatic carbocycles. The van der Waals surface area contributed by atoms with Crippen molar-refractivity contribution >= 4 is 32.7 Å². The summed E-state index contributed by atoms with van der Waals surface area (Å²) in [5.74, 6) is -0.134. The number of nitrogens with zero attached hydrogens (tertiary/aromatic N) is 2. The van der Waals surface area contributed by atoms with Crippen LogP contribution in [-0.4, -0.2) is 68.0 Å². The number of carbonyl (C=O) groups is 2. The van der Waals surface area contributed by atoms with Crippen LogP contribution in [0.1, 0.15) is 24.2 Å². The lowest BCUT2D eigenvalue weighted by atomic mass is 10.1. The second-order valence-corrected chi connectivity index (χ2v) is 8.62. The van der Waals surface area contributed by atoms with Crippen LogP contribution in [0, 0.1) is 0 Å². The molecule has 0 aliphatic rings. The van der Waals surface area contributed by atoms with Crippen molar-refractivity contribution in [3.8, 4) is 0 Å². The van der Waals surface area contributed by atoms with E-state index in [-0.39, 0.29) is 21.5 Å². The van der Waals surface area contributed by atoms with Crippen molar-refractivity contribution in [2.45, 2.75) is 18.7 Å². The third-order valence-electron chi connectivity index (χ3n) is 3.37. The Balaban J connectivity index is 2.89. The van der Waals surface area contributed by atoms with E-state index in [1.807, 2.05) is 19.0 Å². The van der Waals surface area contributed by atoms with Gasteiger partial charge in [-0.05, 0) is 26.2 Å². The van der Waals surface area contributed by atoms with Crippen molar-refractivity contribution in [3.05, 3.63) is 29.8 Å². The summed E-state index contributed by atoms with van der Waals surface area (Å²) in [7, 11) is 0.199. The van der Waals surface area contributed by atoms with Gasteiger partial charge in [0, 0.05) is 32.1 Å². The first-order chi connectivity index (χ1) is 11.2. The number of sulfonamides is 1. The third-order valence-corrected chi connectivity index (χ3v) is 6.17. The number of hydrogen-bond acceptors (Lipinski definition) is 6. The Morgan fingerprint density at radius 2 is 1.67 bits per heavy atom. The van der Waals surface area contributed by atoms with Crippen molar-refractivity contribution in [1.29, 1.82) is 0 Å². The lowest BCUT2D eigenvalue weighted by Gasteiger charge is -2.22. The third kappa shape index (κ3) is 6.01. The molecule has 1 aromatic rings. The molecule has 0 atom stereocenters. The summed E-state index contributed by atoms with van der Waals surface area (Å²) in [5.41, 5.74) is 0.402. The fourth-order valence-corrected chi connectivity index (χ4v) is 3.91. The summed E-state index contributed by atoms with van der Waals surface area (Å²) >= 11 is 0.942. The van der Waals surface area contributed by atoms with Gasteiger partial charge < -0.3 is 4.90 Å². The average molecular weight is 373 g/mol. The number of hydrogen-bond donors (Lipinski definition) is 0. The van der Waals surface area contributed by atoms with Gasteiger partial charge in [-0.3, -0.25) is 9.59 Å². The van der Waals surface area contributed by atoms with Gasteiger partial charge >= 0.3 is 0 Å². The Morgan fingerprint density at radius 1 is 1.08 bits per heavy atom. The van der Waals surface area contributed by atoms with E-state index in [0.717, 1.165) is 11.8 Å². The maximum absolute atomic E-state index is 12.6. The van der Waals surface area contributed by atoms with Crippen LogP contribution in [0.2, 0.25) is 0 Å². The van der Waals surface area contributed by atoms with Gasteiger partial charge in [-0.2, -0.15) is 4.31 Å². The molecule has 0 aromatic heterocycles. The van der Waals surface area contributed by atoms with E-state index in [1.54, 1.807) is 6.92 Å². The fourth-order valence-electron chi connectivity index (χ4n) is 1.97. The lowest BCUT2D eigenvalue weighted by molar-refractivity contribution is -0.109. The highest BCUT2D eigenvalue weighted by atomic mass is 32.2. The highest BCUT2D eigenvalue weighted by Gasteiger charge is 2.23. The molecule has 6 nitrogen and oxygen atoms in total. The molecule has 0 saturated heterocycles. The summed E-state index contributed by atoms with van der Waals surface area (Å²) < 4.78 is 26.7. The summed E-state index contributed by atoms with van der Waals surface area (Å²) in [4.78, 5) is 24.9. The van der Waals surface area contributed by atoms with Gasteiger partial charge in [0.25, 0.3) is 0 Å². The molecule has 0 bridgehead atoms. The van der Waals surface area contributed by atoms with Gasteiger partial charge in [-0.25, -0.2) is 8.42 Å². The summed E-state index contributed by atoms with van der Waals surface area (Å²) in [6.45, 7) is 4.62. The molecule has 0 radical (unpaired) electrons. The predicted octanol–water partition coefficient (Wildman–Crippen LogP) is 1.72. The number of rotatable bonds is 9. The number of carbonyl (C=O) groups excluding carboxylic acids is 2. The monoisotopic (exact) mass is 372 g/mol. The van der Waals surface area contributed by atoms with E-state index in [2.05, 4.69) is 0 Å². The average Bonchev–Trinajstić information content (AvgIpc) is 2.52. The van der Waals surface area contributed by atoms with Crippen LogP contribution in [0.25, 0.3) is 0 Å². The molecule has 134 valence electrons. The Labute approximate surface area is 148 Å². The molecule has 8 heteroatoms. The summed E-state index contributed by atoms with van der Waals surface area (Å²) in [6.07, 6.45) is 0. The molecule has 0 unspecified atom stereocenters. The highest BCUT2D eigenvalue weighted by molar-refractivity contribution is 8.14. The molecule has 0 spiro atoms. The van der Waals surface area contributed by atoms with E-state index < -0.39 is 10.0 Å². The van der Waals surface area contributed by atoms with Crippen molar-refractivity contribution in [1.82, 2.24) is 9.21 Å². The molecule has 24 heavy (non-hydrogen) atoms. The van der Waals surface area contributed by atoms with Crippen LogP contribution in [0.5, 0.6) is 0 Å². The summed E-state index contributed by atoms with van der Waals surface area (Å²) in [6, 6.07) is 5.88. The molecule has 0 aliphatic heterocycles.